The quantitative estimate of drug-likeness (QED) is 0.764. The first-order valence-electron chi connectivity index (χ1n) is 9.20. The van der Waals surface area contributed by atoms with Gasteiger partial charge in [-0.3, -0.25) is 19.6 Å². The van der Waals surface area contributed by atoms with E-state index in [1.807, 2.05) is 29.2 Å². The molecule has 6 nitrogen and oxygen atoms in total. The number of rotatable bonds is 4. The molecule has 0 atom stereocenters. The van der Waals surface area contributed by atoms with Gasteiger partial charge in [0.2, 0.25) is 0 Å². The van der Waals surface area contributed by atoms with Crippen molar-refractivity contribution < 1.29 is 9.59 Å². The zero-order valence-corrected chi connectivity index (χ0v) is 15.3. The highest BCUT2D eigenvalue weighted by molar-refractivity contribution is 5.98. The van der Waals surface area contributed by atoms with Crippen LogP contribution in [0.1, 0.15) is 37.5 Å². The van der Waals surface area contributed by atoms with Crippen LogP contribution in [0, 0.1) is 0 Å². The van der Waals surface area contributed by atoms with E-state index in [0.717, 1.165) is 12.0 Å². The summed E-state index contributed by atoms with van der Waals surface area (Å²) >= 11 is 0. The number of nitrogens with one attached hydrogen (secondary N) is 1. The van der Waals surface area contributed by atoms with Gasteiger partial charge in [0.25, 0.3) is 11.8 Å². The lowest BCUT2D eigenvalue weighted by atomic mass is 9.99. The highest BCUT2D eigenvalue weighted by Crippen LogP contribution is 2.20. The van der Waals surface area contributed by atoms with Gasteiger partial charge in [-0.05, 0) is 41.3 Å². The number of benzene rings is 1. The Morgan fingerprint density at radius 1 is 1.04 bits per heavy atom. The SMILES string of the molecule is O=C(NCc1cccnc1)c1cc(C(=O)N2CCc3ccccc3C2)ccn1. The molecule has 0 saturated heterocycles. The molecule has 140 valence electrons. The Morgan fingerprint density at radius 2 is 1.89 bits per heavy atom. The maximum absolute atomic E-state index is 12.9. The van der Waals surface area contributed by atoms with Crippen LogP contribution in [0.4, 0.5) is 0 Å². The molecular weight excluding hydrogens is 352 g/mol. The van der Waals surface area contributed by atoms with Gasteiger partial charge >= 0.3 is 0 Å². The van der Waals surface area contributed by atoms with Crippen LogP contribution < -0.4 is 5.32 Å². The minimum Gasteiger partial charge on any atom is -0.347 e. The molecule has 6 heteroatoms. The number of nitrogens with zero attached hydrogens (tertiary/aromatic N) is 3. The molecule has 1 aromatic carbocycles. The molecule has 1 N–H and O–H groups in total. The van der Waals surface area contributed by atoms with E-state index in [2.05, 4.69) is 27.4 Å². The highest BCUT2D eigenvalue weighted by Gasteiger charge is 2.22. The van der Waals surface area contributed by atoms with Crippen molar-refractivity contribution in [2.24, 2.45) is 0 Å². The van der Waals surface area contributed by atoms with Gasteiger partial charge in [-0.25, -0.2) is 0 Å². The Morgan fingerprint density at radius 3 is 2.71 bits per heavy atom. The molecule has 2 aromatic heterocycles. The summed E-state index contributed by atoms with van der Waals surface area (Å²) in [6.45, 7) is 1.61. The van der Waals surface area contributed by atoms with Crippen LogP contribution in [0.5, 0.6) is 0 Å². The average Bonchev–Trinajstić information content (AvgIpc) is 2.77. The fourth-order valence-corrected chi connectivity index (χ4v) is 3.31. The van der Waals surface area contributed by atoms with Crippen LogP contribution in [0.3, 0.4) is 0 Å². The fraction of sp³-hybridized carbons (Fsp3) is 0.182. The van der Waals surface area contributed by atoms with Gasteiger partial charge in [-0.1, -0.05) is 30.3 Å². The maximum Gasteiger partial charge on any atom is 0.270 e. The van der Waals surface area contributed by atoms with E-state index < -0.39 is 0 Å². The van der Waals surface area contributed by atoms with Gasteiger partial charge < -0.3 is 10.2 Å². The van der Waals surface area contributed by atoms with Gasteiger partial charge in [-0.2, -0.15) is 0 Å². The smallest absolute Gasteiger partial charge is 0.270 e. The minimum absolute atomic E-state index is 0.0850. The molecule has 0 bridgehead atoms. The molecule has 1 aliphatic rings. The van der Waals surface area contributed by atoms with Crippen molar-refractivity contribution in [3.63, 3.8) is 0 Å². The summed E-state index contributed by atoms with van der Waals surface area (Å²) in [6, 6.07) is 15.1. The molecule has 4 rings (SSSR count). The number of amides is 2. The molecule has 0 aliphatic carbocycles. The minimum atomic E-state index is -0.317. The van der Waals surface area contributed by atoms with Crippen LogP contribution in [0.25, 0.3) is 0 Å². The number of carbonyl (C=O) groups excluding carboxylic acids is 2. The zero-order chi connectivity index (χ0) is 19.3. The molecule has 1 aliphatic heterocycles. The lowest BCUT2D eigenvalue weighted by molar-refractivity contribution is 0.0734. The number of hydrogen-bond donors (Lipinski definition) is 1. The molecule has 2 amide bonds. The second-order valence-corrected chi connectivity index (χ2v) is 6.72. The zero-order valence-electron chi connectivity index (χ0n) is 15.3. The lowest BCUT2D eigenvalue weighted by Gasteiger charge is -2.29. The summed E-state index contributed by atoms with van der Waals surface area (Å²) in [5, 5.41) is 2.81. The summed E-state index contributed by atoms with van der Waals surface area (Å²) < 4.78 is 0. The monoisotopic (exact) mass is 372 g/mol. The van der Waals surface area contributed by atoms with Crippen LogP contribution in [-0.4, -0.2) is 33.2 Å². The second kappa shape index (κ2) is 8.00. The molecule has 0 radical (unpaired) electrons. The van der Waals surface area contributed by atoms with Crippen molar-refractivity contribution in [1.82, 2.24) is 20.2 Å². The Balaban J connectivity index is 1.44. The van der Waals surface area contributed by atoms with Crippen LogP contribution in [0.15, 0.2) is 67.1 Å². The van der Waals surface area contributed by atoms with Crippen molar-refractivity contribution in [2.45, 2.75) is 19.5 Å². The lowest BCUT2D eigenvalue weighted by Crippen LogP contribution is -2.36. The van der Waals surface area contributed by atoms with Crippen molar-refractivity contribution in [2.75, 3.05) is 6.54 Å². The van der Waals surface area contributed by atoms with Crippen molar-refractivity contribution in [3.8, 4) is 0 Å². The van der Waals surface area contributed by atoms with E-state index in [9.17, 15) is 9.59 Å². The number of carbonyl (C=O) groups is 2. The van der Waals surface area contributed by atoms with E-state index in [1.54, 1.807) is 24.5 Å². The molecule has 0 spiro atoms. The fourth-order valence-electron chi connectivity index (χ4n) is 3.31. The Bertz CT molecular complexity index is 1000. The Kier molecular flexibility index (Phi) is 5.10. The predicted molar refractivity (Wildman–Crippen MR) is 105 cm³/mol. The normalized spacial score (nSPS) is 12.9. The summed E-state index contributed by atoms with van der Waals surface area (Å²) in [4.78, 5) is 35.3. The number of hydrogen-bond acceptors (Lipinski definition) is 4. The van der Waals surface area contributed by atoms with E-state index in [1.165, 1.54) is 17.3 Å². The van der Waals surface area contributed by atoms with Crippen molar-refractivity contribution >= 4 is 11.8 Å². The van der Waals surface area contributed by atoms with Crippen LogP contribution in [-0.2, 0) is 19.5 Å². The first-order chi connectivity index (χ1) is 13.7. The Labute approximate surface area is 163 Å². The largest absolute Gasteiger partial charge is 0.347 e. The third-order valence-corrected chi connectivity index (χ3v) is 4.83. The third-order valence-electron chi connectivity index (χ3n) is 4.83. The first kappa shape index (κ1) is 17.9. The van der Waals surface area contributed by atoms with E-state index in [0.29, 0.717) is 25.2 Å². The predicted octanol–water partition coefficient (Wildman–Crippen LogP) is 2.61. The summed E-state index contributed by atoms with van der Waals surface area (Å²) in [5.74, 6) is -0.402. The summed E-state index contributed by atoms with van der Waals surface area (Å²) in [5.41, 5.74) is 4.06. The standard InChI is InChI=1S/C22H20N4O2/c27-21(25-14-16-4-3-9-23-13-16)20-12-18(7-10-24-20)22(28)26-11-8-17-5-1-2-6-19(17)15-26/h1-7,9-10,12-13H,8,11,14-15H2,(H,25,27). The molecule has 0 unspecified atom stereocenters. The number of pyridine rings is 2. The van der Waals surface area contributed by atoms with E-state index >= 15 is 0 Å². The van der Waals surface area contributed by atoms with E-state index in [-0.39, 0.29) is 17.5 Å². The first-order valence-corrected chi connectivity index (χ1v) is 9.20. The van der Waals surface area contributed by atoms with Gasteiger partial charge in [0, 0.05) is 43.8 Å². The van der Waals surface area contributed by atoms with Gasteiger partial charge in [0.15, 0.2) is 0 Å². The van der Waals surface area contributed by atoms with Gasteiger partial charge in [-0.15, -0.1) is 0 Å². The van der Waals surface area contributed by atoms with Crippen LogP contribution >= 0.6 is 0 Å². The molecular formula is C22H20N4O2. The topological polar surface area (TPSA) is 75.2 Å². The molecule has 3 aromatic rings. The van der Waals surface area contributed by atoms with Crippen LogP contribution in [0.2, 0.25) is 0 Å². The molecule has 3 heterocycles. The summed E-state index contributed by atoms with van der Waals surface area (Å²) in [6.07, 6.45) is 5.72. The van der Waals surface area contributed by atoms with Crippen molar-refractivity contribution in [1.29, 1.82) is 0 Å². The van der Waals surface area contributed by atoms with E-state index in [4.69, 9.17) is 0 Å². The van der Waals surface area contributed by atoms with Gasteiger partial charge in [0.05, 0.1) is 0 Å². The third kappa shape index (κ3) is 3.91. The maximum atomic E-state index is 12.9. The number of fused-ring (bicyclic) bond motifs is 1. The van der Waals surface area contributed by atoms with Gasteiger partial charge in [0.1, 0.15) is 5.69 Å². The average molecular weight is 372 g/mol. The molecule has 28 heavy (non-hydrogen) atoms. The number of aromatic nitrogens is 2. The molecule has 0 fully saturated rings. The highest BCUT2D eigenvalue weighted by atomic mass is 16.2. The molecule has 0 saturated carbocycles. The summed E-state index contributed by atoms with van der Waals surface area (Å²) in [7, 11) is 0. The second-order valence-electron chi connectivity index (χ2n) is 6.72. The Hall–Kier alpha value is -3.54. The van der Waals surface area contributed by atoms with Crippen molar-refractivity contribution in [3.05, 3.63) is 95.1 Å².